The highest BCUT2D eigenvalue weighted by molar-refractivity contribution is 5.70. The molecule has 0 radical (unpaired) electrons. The van der Waals surface area contributed by atoms with Crippen LogP contribution in [0.25, 0.3) is 0 Å². The molecule has 1 aliphatic heterocycles. The first-order valence-corrected chi connectivity index (χ1v) is 3.79. The van der Waals surface area contributed by atoms with Crippen LogP contribution in [0.2, 0.25) is 0 Å². The van der Waals surface area contributed by atoms with Gasteiger partial charge in [-0.05, 0) is 13.8 Å². The molecule has 4 heteroatoms. The van der Waals surface area contributed by atoms with E-state index >= 15 is 0 Å². The van der Waals surface area contributed by atoms with Gasteiger partial charge in [0.15, 0.2) is 0 Å². The van der Waals surface area contributed by atoms with E-state index in [0.717, 1.165) is 0 Å². The number of carbonyl (C=O) groups is 1. The largest absolute Gasteiger partial charge is 0.440 e. The van der Waals surface area contributed by atoms with E-state index < -0.39 is 5.60 Å². The Balaban J connectivity index is 2.62. The van der Waals surface area contributed by atoms with Gasteiger partial charge < -0.3 is 15.4 Å². The molecule has 1 aliphatic rings. The highest BCUT2D eigenvalue weighted by Crippen LogP contribution is 2.20. The summed E-state index contributed by atoms with van der Waals surface area (Å²) in [7, 11) is 0. The molecule has 1 rings (SSSR count). The number of hydrogen-bond donors (Lipinski definition) is 1. The molecule has 0 spiro atoms. The van der Waals surface area contributed by atoms with Gasteiger partial charge >= 0.3 is 6.09 Å². The van der Waals surface area contributed by atoms with E-state index in [1.807, 2.05) is 13.8 Å². The zero-order valence-corrected chi connectivity index (χ0v) is 6.96. The maximum Gasteiger partial charge on any atom is 0.410 e. The van der Waals surface area contributed by atoms with Crippen LogP contribution in [0.3, 0.4) is 0 Å². The Morgan fingerprint density at radius 3 is 2.73 bits per heavy atom. The molecular formula is C7H14N2O2. The Morgan fingerprint density at radius 2 is 2.45 bits per heavy atom. The topological polar surface area (TPSA) is 55.6 Å². The lowest BCUT2D eigenvalue weighted by molar-refractivity contribution is 0.0782. The SMILES string of the molecule is CCN1CC(C)(CN)OC1=O. The minimum Gasteiger partial charge on any atom is -0.440 e. The molecule has 0 aromatic carbocycles. The fourth-order valence-electron chi connectivity index (χ4n) is 1.12. The van der Waals surface area contributed by atoms with Crippen LogP contribution >= 0.6 is 0 Å². The average molecular weight is 158 g/mol. The fourth-order valence-corrected chi connectivity index (χ4v) is 1.12. The van der Waals surface area contributed by atoms with Crippen molar-refractivity contribution in [1.82, 2.24) is 4.90 Å². The van der Waals surface area contributed by atoms with E-state index in [0.29, 0.717) is 19.6 Å². The summed E-state index contributed by atoms with van der Waals surface area (Å²) in [5, 5.41) is 0. The van der Waals surface area contributed by atoms with Crippen LogP contribution in [-0.2, 0) is 4.74 Å². The number of cyclic esters (lactones) is 1. The van der Waals surface area contributed by atoms with E-state index in [9.17, 15) is 4.79 Å². The number of likely N-dealkylation sites (N-methyl/N-ethyl adjacent to an activating group) is 1. The first-order valence-electron chi connectivity index (χ1n) is 3.79. The van der Waals surface area contributed by atoms with Gasteiger partial charge in [-0.2, -0.15) is 0 Å². The van der Waals surface area contributed by atoms with Crippen molar-refractivity contribution in [3.8, 4) is 0 Å². The van der Waals surface area contributed by atoms with Crippen LogP contribution in [0.5, 0.6) is 0 Å². The van der Waals surface area contributed by atoms with Crippen molar-refractivity contribution in [2.75, 3.05) is 19.6 Å². The van der Waals surface area contributed by atoms with Crippen molar-refractivity contribution in [3.63, 3.8) is 0 Å². The van der Waals surface area contributed by atoms with E-state index in [-0.39, 0.29) is 6.09 Å². The van der Waals surface area contributed by atoms with Crippen molar-refractivity contribution in [2.45, 2.75) is 19.4 Å². The third-order valence-electron chi connectivity index (χ3n) is 1.93. The van der Waals surface area contributed by atoms with Gasteiger partial charge in [-0.1, -0.05) is 0 Å². The minimum absolute atomic E-state index is 0.250. The Labute approximate surface area is 66.3 Å². The second kappa shape index (κ2) is 2.70. The molecule has 1 heterocycles. The first kappa shape index (κ1) is 8.33. The molecule has 1 unspecified atom stereocenters. The molecule has 64 valence electrons. The maximum atomic E-state index is 11.0. The first-order chi connectivity index (χ1) is 5.11. The third-order valence-corrected chi connectivity index (χ3v) is 1.93. The highest BCUT2D eigenvalue weighted by atomic mass is 16.6. The summed E-state index contributed by atoms with van der Waals surface area (Å²) in [6.45, 7) is 5.45. The molecular weight excluding hydrogens is 144 g/mol. The van der Waals surface area contributed by atoms with Crippen LogP contribution in [-0.4, -0.2) is 36.2 Å². The van der Waals surface area contributed by atoms with E-state index in [1.165, 1.54) is 0 Å². The molecule has 4 nitrogen and oxygen atoms in total. The summed E-state index contributed by atoms with van der Waals surface area (Å²) in [4.78, 5) is 12.7. The normalized spacial score (nSPS) is 30.8. The second-order valence-electron chi connectivity index (χ2n) is 3.04. The lowest BCUT2D eigenvalue weighted by Gasteiger charge is -2.18. The monoisotopic (exact) mass is 158 g/mol. The highest BCUT2D eigenvalue weighted by Gasteiger charge is 2.39. The molecule has 0 aromatic heterocycles. The summed E-state index contributed by atoms with van der Waals surface area (Å²) in [5.41, 5.74) is 4.98. The number of nitrogens with two attached hydrogens (primary N) is 1. The van der Waals surface area contributed by atoms with Crippen LogP contribution in [0.1, 0.15) is 13.8 Å². The molecule has 0 saturated carbocycles. The van der Waals surface area contributed by atoms with Crippen LogP contribution in [0, 0.1) is 0 Å². The van der Waals surface area contributed by atoms with Crippen molar-refractivity contribution >= 4 is 6.09 Å². The molecule has 1 fully saturated rings. The van der Waals surface area contributed by atoms with E-state index in [2.05, 4.69) is 0 Å². The van der Waals surface area contributed by atoms with Crippen molar-refractivity contribution in [1.29, 1.82) is 0 Å². The number of ether oxygens (including phenoxy) is 1. The van der Waals surface area contributed by atoms with E-state index in [1.54, 1.807) is 4.90 Å². The number of nitrogens with zero attached hydrogens (tertiary/aromatic N) is 1. The summed E-state index contributed by atoms with van der Waals surface area (Å²) in [6, 6.07) is 0. The quantitative estimate of drug-likeness (QED) is 0.623. The van der Waals surface area contributed by atoms with Gasteiger partial charge in [0.1, 0.15) is 5.60 Å². The average Bonchev–Trinajstić information content (AvgIpc) is 2.27. The van der Waals surface area contributed by atoms with Gasteiger partial charge in [0.25, 0.3) is 0 Å². The molecule has 1 saturated heterocycles. The van der Waals surface area contributed by atoms with Gasteiger partial charge in [-0.15, -0.1) is 0 Å². The van der Waals surface area contributed by atoms with Crippen molar-refractivity contribution in [3.05, 3.63) is 0 Å². The van der Waals surface area contributed by atoms with E-state index in [4.69, 9.17) is 10.5 Å². The fraction of sp³-hybridized carbons (Fsp3) is 0.857. The Bertz CT molecular complexity index is 172. The Hall–Kier alpha value is -0.770. The zero-order valence-electron chi connectivity index (χ0n) is 6.96. The van der Waals surface area contributed by atoms with Crippen molar-refractivity contribution < 1.29 is 9.53 Å². The molecule has 0 bridgehead atoms. The number of amides is 1. The Morgan fingerprint density at radius 1 is 1.82 bits per heavy atom. The van der Waals surface area contributed by atoms with Gasteiger partial charge in [0.2, 0.25) is 0 Å². The van der Waals surface area contributed by atoms with Gasteiger partial charge in [0.05, 0.1) is 6.54 Å². The summed E-state index contributed by atoms with van der Waals surface area (Å²) >= 11 is 0. The standard InChI is InChI=1S/C7H14N2O2/c1-3-9-5-7(2,4-8)11-6(9)10/h3-5,8H2,1-2H3. The van der Waals surface area contributed by atoms with Crippen LogP contribution in [0.4, 0.5) is 4.79 Å². The predicted molar refractivity (Wildman–Crippen MR) is 41.2 cm³/mol. The maximum absolute atomic E-state index is 11.0. The molecule has 0 aliphatic carbocycles. The lowest BCUT2D eigenvalue weighted by Crippen LogP contribution is -2.38. The van der Waals surface area contributed by atoms with Crippen molar-refractivity contribution in [2.24, 2.45) is 5.73 Å². The van der Waals surface area contributed by atoms with Gasteiger partial charge in [-0.25, -0.2) is 4.79 Å². The number of hydrogen-bond acceptors (Lipinski definition) is 3. The summed E-state index contributed by atoms with van der Waals surface area (Å²) < 4.78 is 5.06. The Kier molecular flexibility index (Phi) is 2.04. The smallest absolute Gasteiger partial charge is 0.410 e. The summed E-state index contributed by atoms with van der Waals surface area (Å²) in [6.07, 6.45) is -0.250. The number of rotatable bonds is 2. The summed E-state index contributed by atoms with van der Waals surface area (Å²) in [5.74, 6) is 0. The van der Waals surface area contributed by atoms with Crippen LogP contribution in [0.15, 0.2) is 0 Å². The van der Waals surface area contributed by atoms with Gasteiger partial charge in [0, 0.05) is 13.1 Å². The second-order valence-corrected chi connectivity index (χ2v) is 3.04. The lowest BCUT2D eigenvalue weighted by atomic mass is 10.1. The molecule has 1 amide bonds. The van der Waals surface area contributed by atoms with Crippen LogP contribution < -0.4 is 5.73 Å². The number of carbonyl (C=O) groups excluding carboxylic acids is 1. The zero-order chi connectivity index (χ0) is 8.48. The molecule has 11 heavy (non-hydrogen) atoms. The van der Waals surface area contributed by atoms with Gasteiger partial charge in [-0.3, -0.25) is 0 Å². The predicted octanol–water partition coefficient (Wildman–Crippen LogP) is 0.176. The minimum atomic E-state index is -0.465. The molecule has 2 N–H and O–H groups in total. The molecule has 0 aromatic rings. The third kappa shape index (κ3) is 1.45. The molecule has 1 atom stereocenters.